The zero-order valence-corrected chi connectivity index (χ0v) is 8.33. The van der Waals surface area contributed by atoms with Crippen LogP contribution in [0.4, 0.5) is 0 Å². The van der Waals surface area contributed by atoms with Crippen LogP contribution in [0.3, 0.4) is 0 Å². The molecular weight excluding hydrogens is 166 g/mol. The lowest BCUT2D eigenvalue weighted by Gasteiger charge is -2.14. The minimum absolute atomic E-state index is 0.170. The molecule has 3 nitrogen and oxygen atoms in total. The molecule has 0 fully saturated rings. The summed E-state index contributed by atoms with van der Waals surface area (Å²) in [5.74, 6) is 0.712. The number of carbonyl (C=O) groups is 1. The van der Waals surface area contributed by atoms with E-state index in [2.05, 4.69) is 25.8 Å². The third-order valence-electron chi connectivity index (χ3n) is 1.57. The summed E-state index contributed by atoms with van der Waals surface area (Å²) in [4.78, 5) is 14.4. The number of hydrogen-bond acceptors (Lipinski definition) is 3. The first kappa shape index (κ1) is 9.96. The topological polar surface area (TPSA) is 43.1 Å². The largest absolute Gasteiger partial charge is 0.449 e. The van der Waals surface area contributed by atoms with Crippen LogP contribution in [0.15, 0.2) is 10.7 Å². The number of oxazole rings is 1. The van der Waals surface area contributed by atoms with Crippen molar-refractivity contribution < 1.29 is 9.21 Å². The first-order chi connectivity index (χ1) is 6.01. The van der Waals surface area contributed by atoms with Gasteiger partial charge in [0.1, 0.15) is 12.5 Å². The highest BCUT2D eigenvalue weighted by molar-refractivity contribution is 5.53. The van der Waals surface area contributed by atoms with Crippen molar-refractivity contribution in [1.29, 1.82) is 0 Å². The quantitative estimate of drug-likeness (QED) is 0.670. The molecular formula is C10H15NO2. The number of carbonyl (C=O) groups excluding carboxylic acids is 1. The molecule has 0 saturated heterocycles. The van der Waals surface area contributed by atoms with Crippen LogP contribution >= 0.6 is 0 Å². The molecule has 3 heteroatoms. The molecule has 0 unspecified atom stereocenters. The molecule has 1 aromatic rings. The molecule has 72 valence electrons. The third-order valence-corrected chi connectivity index (χ3v) is 1.57. The Labute approximate surface area is 78.2 Å². The Morgan fingerprint density at radius 1 is 1.54 bits per heavy atom. The second-order valence-electron chi connectivity index (χ2n) is 4.34. The maximum atomic E-state index is 10.2. The van der Waals surface area contributed by atoms with Gasteiger partial charge in [-0.15, -0.1) is 0 Å². The summed E-state index contributed by atoms with van der Waals surface area (Å²) >= 11 is 0. The van der Waals surface area contributed by atoms with Crippen LogP contribution in [0.25, 0.3) is 0 Å². The van der Waals surface area contributed by atoms with Gasteiger partial charge in [-0.1, -0.05) is 20.8 Å². The average molecular weight is 181 g/mol. The number of aldehydes is 1. The van der Waals surface area contributed by atoms with Gasteiger partial charge < -0.3 is 9.21 Å². The first-order valence-electron chi connectivity index (χ1n) is 4.38. The Balaban J connectivity index is 2.63. The van der Waals surface area contributed by atoms with Gasteiger partial charge in [0.05, 0.1) is 5.69 Å². The van der Waals surface area contributed by atoms with Crippen LogP contribution in [-0.2, 0) is 17.6 Å². The van der Waals surface area contributed by atoms with Gasteiger partial charge in [-0.25, -0.2) is 4.98 Å². The van der Waals surface area contributed by atoms with Crippen LogP contribution in [0.2, 0.25) is 0 Å². The Morgan fingerprint density at radius 2 is 2.23 bits per heavy atom. The van der Waals surface area contributed by atoms with Crippen molar-refractivity contribution in [2.75, 3.05) is 0 Å². The number of hydrogen-bond donors (Lipinski definition) is 0. The van der Waals surface area contributed by atoms with Gasteiger partial charge in [0.2, 0.25) is 0 Å². The molecule has 0 spiro atoms. The van der Waals surface area contributed by atoms with Crippen molar-refractivity contribution >= 4 is 6.29 Å². The van der Waals surface area contributed by atoms with Crippen LogP contribution in [0, 0.1) is 5.41 Å². The van der Waals surface area contributed by atoms with Crippen molar-refractivity contribution in [2.24, 2.45) is 5.41 Å². The van der Waals surface area contributed by atoms with Gasteiger partial charge >= 0.3 is 0 Å². The highest BCUT2D eigenvalue weighted by Gasteiger charge is 2.15. The highest BCUT2D eigenvalue weighted by Crippen LogP contribution is 2.19. The number of nitrogens with zero attached hydrogens (tertiary/aromatic N) is 1. The molecule has 0 aliphatic rings. The predicted octanol–water partition coefficient (Wildman–Crippen LogP) is 2.00. The Hall–Kier alpha value is -1.12. The molecule has 1 rings (SSSR count). The first-order valence-corrected chi connectivity index (χ1v) is 4.38. The minimum Gasteiger partial charge on any atom is -0.449 e. The van der Waals surface area contributed by atoms with Gasteiger partial charge in [-0.2, -0.15) is 0 Å². The molecule has 0 aliphatic heterocycles. The van der Waals surface area contributed by atoms with E-state index in [0.29, 0.717) is 18.0 Å². The maximum absolute atomic E-state index is 10.2. The summed E-state index contributed by atoms with van der Waals surface area (Å²) in [5.41, 5.74) is 0.887. The van der Waals surface area contributed by atoms with E-state index in [9.17, 15) is 4.79 Å². The van der Waals surface area contributed by atoms with E-state index >= 15 is 0 Å². The molecule has 0 N–H and O–H groups in total. The summed E-state index contributed by atoms with van der Waals surface area (Å²) in [7, 11) is 0. The van der Waals surface area contributed by atoms with E-state index in [0.717, 1.165) is 12.7 Å². The maximum Gasteiger partial charge on any atom is 0.194 e. The van der Waals surface area contributed by atoms with Gasteiger partial charge in [-0.3, -0.25) is 0 Å². The van der Waals surface area contributed by atoms with Crippen LogP contribution < -0.4 is 0 Å². The van der Waals surface area contributed by atoms with E-state index in [-0.39, 0.29) is 5.41 Å². The zero-order chi connectivity index (χ0) is 9.90. The van der Waals surface area contributed by atoms with E-state index in [4.69, 9.17) is 4.42 Å². The molecule has 1 heterocycles. The second-order valence-corrected chi connectivity index (χ2v) is 4.34. The molecule has 0 amide bonds. The molecule has 1 aromatic heterocycles. The lowest BCUT2D eigenvalue weighted by molar-refractivity contribution is -0.107. The van der Waals surface area contributed by atoms with Crippen molar-refractivity contribution in [3.63, 3.8) is 0 Å². The summed E-state index contributed by atoms with van der Waals surface area (Å²) in [5, 5.41) is 0. The molecule has 13 heavy (non-hydrogen) atoms. The second kappa shape index (κ2) is 3.73. The van der Waals surface area contributed by atoms with Crippen LogP contribution in [0.5, 0.6) is 0 Å². The standard InChI is InChI=1S/C10H15NO2/c1-10(2,3)6-9-11-8(4-5-12)7-13-9/h5,7H,4,6H2,1-3H3. The summed E-state index contributed by atoms with van der Waals surface area (Å²) < 4.78 is 5.22. The monoisotopic (exact) mass is 181 g/mol. The van der Waals surface area contributed by atoms with Crippen molar-refractivity contribution in [3.8, 4) is 0 Å². The predicted molar refractivity (Wildman–Crippen MR) is 49.4 cm³/mol. The minimum atomic E-state index is 0.170. The lowest BCUT2D eigenvalue weighted by Crippen LogP contribution is -2.09. The van der Waals surface area contributed by atoms with E-state index in [1.165, 1.54) is 0 Å². The fourth-order valence-corrected chi connectivity index (χ4v) is 1.06. The highest BCUT2D eigenvalue weighted by atomic mass is 16.3. The summed E-state index contributed by atoms with van der Waals surface area (Å²) in [6.45, 7) is 6.36. The van der Waals surface area contributed by atoms with Gasteiger partial charge in [0.15, 0.2) is 5.89 Å². The fourth-order valence-electron chi connectivity index (χ4n) is 1.06. The van der Waals surface area contributed by atoms with E-state index in [1.54, 1.807) is 6.26 Å². The van der Waals surface area contributed by atoms with Crippen LogP contribution in [0.1, 0.15) is 32.4 Å². The van der Waals surface area contributed by atoms with E-state index < -0.39 is 0 Å². The van der Waals surface area contributed by atoms with Crippen molar-refractivity contribution in [2.45, 2.75) is 33.6 Å². The Morgan fingerprint density at radius 3 is 2.77 bits per heavy atom. The molecule has 0 aromatic carbocycles. The summed E-state index contributed by atoms with van der Waals surface area (Å²) in [6.07, 6.45) is 3.52. The SMILES string of the molecule is CC(C)(C)Cc1nc(CC=O)co1. The van der Waals surface area contributed by atoms with Crippen molar-refractivity contribution in [3.05, 3.63) is 17.8 Å². The molecule has 0 atom stereocenters. The smallest absolute Gasteiger partial charge is 0.194 e. The normalized spacial score (nSPS) is 11.6. The Bertz CT molecular complexity index is 283. The Kier molecular flexibility index (Phi) is 2.86. The zero-order valence-electron chi connectivity index (χ0n) is 8.33. The average Bonchev–Trinajstić information content (AvgIpc) is 2.33. The molecule has 0 saturated carbocycles. The fraction of sp³-hybridized carbons (Fsp3) is 0.600. The van der Waals surface area contributed by atoms with E-state index in [1.807, 2.05) is 0 Å². The summed E-state index contributed by atoms with van der Waals surface area (Å²) in [6, 6.07) is 0. The lowest BCUT2D eigenvalue weighted by atomic mass is 9.92. The van der Waals surface area contributed by atoms with Gasteiger partial charge in [0, 0.05) is 12.8 Å². The van der Waals surface area contributed by atoms with Gasteiger partial charge in [0.25, 0.3) is 0 Å². The molecule has 0 radical (unpaired) electrons. The van der Waals surface area contributed by atoms with Crippen molar-refractivity contribution in [1.82, 2.24) is 4.98 Å². The van der Waals surface area contributed by atoms with Gasteiger partial charge in [-0.05, 0) is 5.41 Å². The van der Waals surface area contributed by atoms with Crippen LogP contribution in [-0.4, -0.2) is 11.3 Å². The number of rotatable bonds is 3. The molecule has 0 aliphatic carbocycles. The number of aromatic nitrogens is 1. The molecule has 0 bridgehead atoms. The third kappa shape index (κ3) is 3.40.